The number of hydrogen-bond donors (Lipinski definition) is 1. The van der Waals surface area contributed by atoms with Gasteiger partial charge in [-0.05, 0) is 38.5 Å². The van der Waals surface area contributed by atoms with Crippen LogP contribution in [0.2, 0.25) is 5.02 Å². The highest BCUT2D eigenvalue weighted by molar-refractivity contribution is 6.31. The van der Waals surface area contributed by atoms with Crippen molar-refractivity contribution in [3.05, 3.63) is 28.8 Å². The van der Waals surface area contributed by atoms with Crippen molar-refractivity contribution >= 4 is 17.3 Å². The molecule has 0 radical (unpaired) electrons. The monoisotopic (exact) mass is 255 g/mol. The average molecular weight is 256 g/mol. The Morgan fingerprint density at radius 2 is 1.94 bits per heavy atom. The molecule has 1 N–H and O–H groups in total. The Balaban J connectivity index is 2.00. The largest absolute Gasteiger partial charge is 0.377 e. The Hall–Kier alpha value is -0.770. The molecule has 2 rings (SSSR count). The van der Waals surface area contributed by atoms with E-state index in [-0.39, 0.29) is 6.04 Å². The molecule has 0 saturated carbocycles. The zero-order valence-electron chi connectivity index (χ0n) is 10.4. The molecule has 17 heavy (non-hydrogen) atoms. The highest BCUT2D eigenvalue weighted by Crippen LogP contribution is 2.25. The molecule has 1 heterocycles. The molecule has 0 atom stereocenters. The minimum atomic E-state index is -0.471. The fraction of sp³-hybridized carbons (Fsp3) is 0.538. The van der Waals surface area contributed by atoms with Gasteiger partial charge in [0.1, 0.15) is 0 Å². The van der Waals surface area contributed by atoms with Crippen molar-refractivity contribution in [2.45, 2.75) is 32.6 Å². The van der Waals surface area contributed by atoms with Crippen LogP contribution in [0.3, 0.4) is 0 Å². The van der Waals surface area contributed by atoms with Crippen LogP contribution in [-0.2, 0) is 9.47 Å². The van der Waals surface area contributed by atoms with Gasteiger partial charge in [-0.2, -0.15) is 0 Å². The lowest BCUT2D eigenvalue weighted by atomic mass is 10.1. The molecule has 4 heteroatoms. The highest BCUT2D eigenvalue weighted by atomic mass is 35.5. The Labute approximate surface area is 107 Å². The van der Waals surface area contributed by atoms with Gasteiger partial charge in [0.05, 0.1) is 19.3 Å². The van der Waals surface area contributed by atoms with Crippen LogP contribution in [0.4, 0.5) is 5.69 Å². The molecule has 1 aromatic rings. The maximum atomic E-state index is 6.07. The van der Waals surface area contributed by atoms with E-state index in [2.05, 4.69) is 5.32 Å². The molecule has 0 amide bonds. The summed E-state index contributed by atoms with van der Waals surface area (Å²) in [4.78, 5) is 0. The Morgan fingerprint density at radius 3 is 2.59 bits per heavy atom. The summed E-state index contributed by atoms with van der Waals surface area (Å²) >= 11 is 6.07. The summed E-state index contributed by atoms with van der Waals surface area (Å²) in [5.74, 6) is -0.471. The van der Waals surface area contributed by atoms with Crippen LogP contribution in [0.15, 0.2) is 18.2 Å². The second-order valence-electron chi connectivity index (χ2n) is 4.78. The minimum absolute atomic E-state index is 0.167. The summed E-state index contributed by atoms with van der Waals surface area (Å²) in [6, 6.07) is 6.01. The van der Waals surface area contributed by atoms with E-state index in [1.165, 1.54) is 0 Å². The normalized spacial score (nSPS) is 20.2. The fourth-order valence-corrected chi connectivity index (χ4v) is 1.93. The predicted molar refractivity (Wildman–Crippen MR) is 69.6 cm³/mol. The molecule has 1 fully saturated rings. The average Bonchev–Trinajstić information content (AvgIpc) is 2.27. The number of rotatable bonds is 2. The third-order valence-corrected chi connectivity index (χ3v) is 3.30. The predicted octanol–water partition coefficient (Wildman–Crippen LogP) is 3.21. The Kier molecular flexibility index (Phi) is 3.61. The molecule has 1 aliphatic rings. The molecular weight excluding hydrogens is 238 g/mol. The van der Waals surface area contributed by atoms with E-state index >= 15 is 0 Å². The van der Waals surface area contributed by atoms with Gasteiger partial charge in [-0.1, -0.05) is 17.7 Å². The maximum Gasteiger partial charge on any atom is 0.162 e. The van der Waals surface area contributed by atoms with Gasteiger partial charge in [-0.3, -0.25) is 0 Å². The quantitative estimate of drug-likeness (QED) is 0.880. The van der Waals surface area contributed by atoms with Crippen molar-refractivity contribution in [3.63, 3.8) is 0 Å². The van der Waals surface area contributed by atoms with E-state index in [1.807, 2.05) is 39.0 Å². The topological polar surface area (TPSA) is 30.5 Å². The van der Waals surface area contributed by atoms with Gasteiger partial charge in [0.15, 0.2) is 5.79 Å². The maximum absolute atomic E-state index is 6.07. The van der Waals surface area contributed by atoms with E-state index in [9.17, 15) is 0 Å². The smallest absolute Gasteiger partial charge is 0.162 e. The molecule has 3 nitrogen and oxygen atoms in total. The lowest BCUT2D eigenvalue weighted by molar-refractivity contribution is -0.247. The molecule has 0 bridgehead atoms. The molecular formula is C13H18ClNO2. The van der Waals surface area contributed by atoms with Gasteiger partial charge >= 0.3 is 0 Å². The van der Waals surface area contributed by atoms with Crippen molar-refractivity contribution in [2.24, 2.45) is 0 Å². The SMILES string of the molecule is Cc1c(Cl)cccc1NC1COC(C)(C)OC1. The van der Waals surface area contributed by atoms with Gasteiger partial charge < -0.3 is 14.8 Å². The van der Waals surface area contributed by atoms with Gasteiger partial charge in [0, 0.05) is 10.7 Å². The van der Waals surface area contributed by atoms with E-state index in [4.69, 9.17) is 21.1 Å². The molecule has 94 valence electrons. The third kappa shape index (κ3) is 3.12. The van der Waals surface area contributed by atoms with Crippen LogP contribution >= 0.6 is 11.6 Å². The molecule has 0 aromatic heterocycles. The van der Waals surface area contributed by atoms with Crippen LogP contribution in [0.25, 0.3) is 0 Å². The molecule has 0 aliphatic carbocycles. The number of anilines is 1. The lowest BCUT2D eigenvalue weighted by Gasteiger charge is -2.35. The summed E-state index contributed by atoms with van der Waals surface area (Å²) in [5, 5.41) is 4.16. The van der Waals surface area contributed by atoms with Crippen molar-refractivity contribution in [3.8, 4) is 0 Å². The van der Waals surface area contributed by atoms with Crippen molar-refractivity contribution in [1.29, 1.82) is 0 Å². The second kappa shape index (κ2) is 4.84. The zero-order valence-corrected chi connectivity index (χ0v) is 11.2. The number of hydrogen-bond acceptors (Lipinski definition) is 3. The number of ether oxygens (including phenoxy) is 2. The van der Waals surface area contributed by atoms with Crippen LogP contribution in [0.5, 0.6) is 0 Å². The van der Waals surface area contributed by atoms with Crippen molar-refractivity contribution in [2.75, 3.05) is 18.5 Å². The van der Waals surface area contributed by atoms with Crippen LogP contribution < -0.4 is 5.32 Å². The first-order valence-electron chi connectivity index (χ1n) is 5.77. The van der Waals surface area contributed by atoms with Crippen molar-refractivity contribution in [1.82, 2.24) is 0 Å². The van der Waals surface area contributed by atoms with Crippen LogP contribution in [0.1, 0.15) is 19.4 Å². The number of halogens is 1. The highest BCUT2D eigenvalue weighted by Gasteiger charge is 2.28. The summed E-state index contributed by atoms with van der Waals surface area (Å²) in [6.07, 6.45) is 0. The van der Waals surface area contributed by atoms with E-state index in [0.29, 0.717) is 13.2 Å². The van der Waals surface area contributed by atoms with Crippen LogP contribution in [0, 0.1) is 6.92 Å². The number of benzene rings is 1. The van der Waals surface area contributed by atoms with Gasteiger partial charge in [-0.15, -0.1) is 0 Å². The summed E-state index contributed by atoms with van der Waals surface area (Å²) in [7, 11) is 0. The first kappa shape index (κ1) is 12.7. The summed E-state index contributed by atoms with van der Waals surface area (Å²) < 4.78 is 11.2. The lowest BCUT2D eigenvalue weighted by Crippen LogP contribution is -2.45. The molecule has 0 unspecified atom stereocenters. The Bertz CT molecular complexity index is 396. The molecule has 1 aliphatic heterocycles. The van der Waals surface area contributed by atoms with E-state index in [0.717, 1.165) is 16.3 Å². The van der Waals surface area contributed by atoms with Gasteiger partial charge in [0.25, 0.3) is 0 Å². The zero-order chi connectivity index (χ0) is 12.5. The summed E-state index contributed by atoms with van der Waals surface area (Å²) in [6.45, 7) is 7.12. The van der Waals surface area contributed by atoms with Gasteiger partial charge in [-0.25, -0.2) is 0 Å². The molecule has 0 spiro atoms. The molecule has 1 aromatic carbocycles. The Morgan fingerprint density at radius 1 is 1.29 bits per heavy atom. The third-order valence-electron chi connectivity index (χ3n) is 2.89. The standard InChI is InChI=1S/C13H18ClNO2/c1-9-11(14)5-4-6-12(9)15-10-7-16-13(2,3)17-8-10/h4-6,10,15H,7-8H2,1-3H3. The first-order valence-corrected chi connectivity index (χ1v) is 6.15. The number of nitrogens with one attached hydrogen (secondary N) is 1. The summed E-state index contributed by atoms with van der Waals surface area (Å²) in [5.41, 5.74) is 2.09. The second-order valence-corrected chi connectivity index (χ2v) is 5.18. The van der Waals surface area contributed by atoms with E-state index in [1.54, 1.807) is 0 Å². The fourth-order valence-electron chi connectivity index (χ4n) is 1.76. The van der Waals surface area contributed by atoms with Gasteiger partial charge in [0.2, 0.25) is 0 Å². The van der Waals surface area contributed by atoms with E-state index < -0.39 is 5.79 Å². The van der Waals surface area contributed by atoms with Crippen LogP contribution in [-0.4, -0.2) is 25.0 Å². The minimum Gasteiger partial charge on any atom is -0.377 e. The first-order chi connectivity index (χ1) is 7.98. The van der Waals surface area contributed by atoms with Crippen molar-refractivity contribution < 1.29 is 9.47 Å². The molecule has 1 saturated heterocycles.